The minimum Gasteiger partial charge on any atom is -0.387 e. The summed E-state index contributed by atoms with van der Waals surface area (Å²) >= 11 is 0. The third-order valence-electron chi connectivity index (χ3n) is 1.97. The van der Waals surface area contributed by atoms with Crippen molar-refractivity contribution >= 4 is 134 Å². The maximum absolute atomic E-state index is 10.5. The summed E-state index contributed by atoms with van der Waals surface area (Å²) in [6.07, 6.45) is -6.69. The van der Waals surface area contributed by atoms with Crippen LogP contribution in [0.15, 0.2) is 0 Å². The van der Waals surface area contributed by atoms with Gasteiger partial charge in [0.15, 0.2) is 6.29 Å². The zero-order chi connectivity index (χ0) is 14.1. The van der Waals surface area contributed by atoms with Gasteiger partial charge in [0.05, 0.1) is 6.61 Å². The van der Waals surface area contributed by atoms with Gasteiger partial charge in [-0.15, -0.1) is 0 Å². The SMILES string of the molecule is O=P(O)(O)OC[C@H]1O[C@H](OP(=O)(O)O)[C@H](O)[C@@H]1O.[Na].[Na].[Na].[Na]. The molecule has 0 aliphatic carbocycles. The van der Waals surface area contributed by atoms with E-state index in [1.165, 1.54) is 0 Å². The third-order valence-corrected chi connectivity index (χ3v) is 2.93. The molecule has 0 aromatic carbocycles. The number of rotatable bonds is 5. The first-order valence-electron chi connectivity index (χ1n) is 4.45. The predicted octanol–water partition coefficient (Wildman–Crippen LogP) is -3.87. The van der Waals surface area contributed by atoms with E-state index < -0.39 is 46.9 Å². The number of hydrogen-bond donors (Lipinski definition) is 6. The minimum absolute atomic E-state index is 0. The molecular formula is C5H12Na4O11P2. The Morgan fingerprint density at radius 3 is 1.68 bits per heavy atom. The summed E-state index contributed by atoms with van der Waals surface area (Å²) < 4.78 is 33.6. The van der Waals surface area contributed by atoms with Crippen molar-refractivity contribution < 1.29 is 52.7 Å². The molecule has 0 aromatic heterocycles. The van der Waals surface area contributed by atoms with Crippen LogP contribution in [0.2, 0.25) is 0 Å². The van der Waals surface area contributed by atoms with Crippen LogP contribution in [0.3, 0.4) is 0 Å². The van der Waals surface area contributed by atoms with Gasteiger partial charge in [0, 0.05) is 118 Å². The van der Waals surface area contributed by atoms with Crippen molar-refractivity contribution in [3.63, 3.8) is 0 Å². The molecule has 1 fully saturated rings. The van der Waals surface area contributed by atoms with Crippen LogP contribution >= 0.6 is 15.6 Å². The van der Waals surface area contributed by atoms with E-state index >= 15 is 0 Å². The summed E-state index contributed by atoms with van der Waals surface area (Å²) in [5.41, 5.74) is 0. The Bertz CT molecular complexity index is 387. The second kappa shape index (κ2) is 14.1. The van der Waals surface area contributed by atoms with E-state index in [1.807, 2.05) is 0 Å². The molecule has 0 aromatic rings. The number of hydrogen-bond acceptors (Lipinski definition) is 7. The quantitative estimate of drug-likeness (QED) is 0.195. The average molecular weight is 402 g/mol. The van der Waals surface area contributed by atoms with Crippen molar-refractivity contribution in [1.82, 2.24) is 0 Å². The molecule has 1 saturated heterocycles. The molecule has 0 spiro atoms. The van der Waals surface area contributed by atoms with E-state index in [9.17, 15) is 19.3 Å². The molecule has 6 N–H and O–H groups in total. The van der Waals surface area contributed by atoms with Gasteiger partial charge in [-0.25, -0.2) is 9.13 Å². The molecule has 22 heavy (non-hydrogen) atoms. The first-order chi connectivity index (χ1) is 7.99. The van der Waals surface area contributed by atoms with E-state index in [2.05, 4.69) is 13.8 Å². The van der Waals surface area contributed by atoms with Crippen molar-refractivity contribution in [3.05, 3.63) is 0 Å². The maximum atomic E-state index is 10.5. The predicted molar refractivity (Wildman–Crippen MR) is 74.8 cm³/mol. The van der Waals surface area contributed by atoms with Gasteiger partial charge >= 0.3 is 15.6 Å². The number of aliphatic hydroxyl groups excluding tert-OH is 2. The molecule has 0 bridgehead atoms. The fourth-order valence-corrected chi connectivity index (χ4v) is 2.03. The summed E-state index contributed by atoms with van der Waals surface area (Å²) in [6.45, 7) is -0.788. The maximum Gasteiger partial charge on any atom is 0.472 e. The van der Waals surface area contributed by atoms with Crippen LogP contribution in [0, 0.1) is 0 Å². The molecule has 0 saturated carbocycles. The van der Waals surface area contributed by atoms with Crippen molar-refractivity contribution in [2.45, 2.75) is 24.6 Å². The molecule has 4 radical (unpaired) electrons. The fraction of sp³-hybridized carbons (Fsp3) is 1.00. The van der Waals surface area contributed by atoms with Crippen molar-refractivity contribution in [1.29, 1.82) is 0 Å². The smallest absolute Gasteiger partial charge is 0.387 e. The zero-order valence-corrected chi connectivity index (χ0v) is 22.4. The fourth-order valence-electron chi connectivity index (χ4n) is 1.25. The van der Waals surface area contributed by atoms with E-state index in [1.54, 1.807) is 0 Å². The Labute approximate surface area is 214 Å². The molecule has 1 aliphatic rings. The Hall–Kier alpha value is 4.10. The first-order valence-corrected chi connectivity index (χ1v) is 7.51. The van der Waals surface area contributed by atoms with Crippen LogP contribution in [-0.4, -0.2) is 179 Å². The molecule has 1 rings (SSSR count). The third kappa shape index (κ3) is 13.3. The van der Waals surface area contributed by atoms with Gasteiger partial charge in [0.1, 0.15) is 18.3 Å². The molecule has 17 heteroatoms. The zero-order valence-electron chi connectivity index (χ0n) is 12.6. The van der Waals surface area contributed by atoms with Crippen LogP contribution < -0.4 is 0 Å². The minimum atomic E-state index is -4.95. The van der Waals surface area contributed by atoms with E-state index in [-0.39, 0.29) is 118 Å². The largest absolute Gasteiger partial charge is 0.472 e. The molecule has 11 nitrogen and oxygen atoms in total. The number of aliphatic hydroxyl groups is 2. The van der Waals surface area contributed by atoms with E-state index in [0.717, 1.165) is 0 Å². The van der Waals surface area contributed by atoms with Gasteiger partial charge in [-0.1, -0.05) is 0 Å². The molecule has 112 valence electrons. The van der Waals surface area contributed by atoms with Crippen LogP contribution in [0.4, 0.5) is 0 Å². The van der Waals surface area contributed by atoms with Gasteiger partial charge in [0.2, 0.25) is 0 Å². The van der Waals surface area contributed by atoms with Crippen molar-refractivity contribution in [3.8, 4) is 0 Å². The monoisotopic (exact) mass is 402 g/mol. The summed E-state index contributed by atoms with van der Waals surface area (Å²) in [7, 11) is -9.74. The van der Waals surface area contributed by atoms with E-state index in [0.29, 0.717) is 0 Å². The number of phosphoric acid groups is 2. The van der Waals surface area contributed by atoms with Gasteiger partial charge in [-0.05, 0) is 0 Å². The average Bonchev–Trinajstić information content (AvgIpc) is 2.40. The molecular weight excluding hydrogens is 390 g/mol. The second-order valence-corrected chi connectivity index (χ2v) is 5.84. The molecule has 0 unspecified atom stereocenters. The Balaban J connectivity index is -0.000000405. The summed E-state index contributed by atoms with van der Waals surface area (Å²) in [4.78, 5) is 33.8. The van der Waals surface area contributed by atoms with Crippen LogP contribution in [0.5, 0.6) is 0 Å². The number of phosphoric ester groups is 2. The Morgan fingerprint density at radius 2 is 1.32 bits per heavy atom. The van der Waals surface area contributed by atoms with Gasteiger partial charge in [-0.3, -0.25) is 9.05 Å². The summed E-state index contributed by atoms with van der Waals surface area (Å²) in [6, 6.07) is 0. The van der Waals surface area contributed by atoms with Crippen LogP contribution in [-0.2, 0) is 22.9 Å². The molecule has 4 atom stereocenters. The number of ether oxygens (including phenoxy) is 1. The van der Waals surface area contributed by atoms with Gasteiger partial charge in [-0.2, -0.15) is 0 Å². The van der Waals surface area contributed by atoms with Crippen molar-refractivity contribution in [2.75, 3.05) is 6.61 Å². The van der Waals surface area contributed by atoms with Crippen LogP contribution in [0.1, 0.15) is 0 Å². The normalized spacial score (nSPS) is 27.7. The standard InChI is InChI=1S/C5H12O11P2.4Na/c6-3-2(1-14-17(8,9)10)15-5(4(3)7)16-18(11,12)13;;;;/h2-7H,1H2,(H2,8,9,10)(H2,11,12,13);;;;/t2-,3-,4-,5-;;;;/m1..../s1. The topological polar surface area (TPSA) is 183 Å². The van der Waals surface area contributed by atoms with Crippen molar-refractivity contribution in [2.24, 2.45) is 0 Å². The van der Waals surface area contributed by atoms with Gasteiger partial charge < -0.3 is 34.5 Å². The van der Waals surface area contributed by atoms with Crippen LogP contribution in [0.25, 0.3) is 0 Å². The summed E-state index contributed by atoms with van der Waals surface area (Å²) in [5.74, 6) is 0. The second-order valence-electron chi connectivity index (χ2n) is 3.41. The molecule has 1 aliphatic heterocycles. The molecule has 0 amide bonds. The Kier molecular flexibility index (Phi) is 21.7. The van der Waals surface area contributed by atoms with Gasteiger partial charge in [0.25, 0.3) is 0 Å². The molecule has 1 heterocycles. The van der Waals surface area contributed by atoms with E-state index in [4.69, 9.17) is 19.6 Å². The first kappa shape index (κ1) is 33.7. The summed E-state index contributed by atoms with van der Waals surface area (Å²) in [5, 5.41) is 18.7. The Morgan fingerprint density at radius 1 is 0.864 bits per heavy atom.